The summed E-state index contributed by atoms with van der Waals surface area (Å²) in [5.74, 6) is 1.02. The molecular weight excluding hydrogens is 150 g/mol. The molecule has 0 aromatic heterocycles. The molecule has 3 aliphatic heterocycles. The van der Waals surface area contributed by atoms with Gasteiger partial charge in [0.2, 0.25) is 0 Å². The minimum absolute atomic E-state index is 0.918. The summed E-state index contributed by atoms with van der Waals surface area (Å²) in [6, 6.07) is 0.918. The molecule has 3 saturated heterocycles. The van der Waals surface area contributed by atoms with E-state index >= 15 is 0 Å². The lowest BCUT2D eigenvalue weighted by Crippen LogP contribution is -2.58. The van der Waals surface area contributed by atoms with Crippen LogP contribution in [0.3, 0.4) is 0 Å². The van der Waals surface area contributed by atoms with Crippen LogP contribution in [0.15, 0.2) is 0 Å². The topological polar surface area (TPSA) is 9.72 Å². The van der Waals surface area contributed by atoms with E-state index in [1.165, 1.54) is 39.5 Å². The summed E-state index contributed by atoms with van der Waals surface area (Å²) in [6.45, 7) is 9.94. The van der Waals surface area contributed by atoms with Crippen molar-refractivity contribution in [3.8, 4) is 0 Å². The van der Waals surface area contributed by atoms with Crippen LogP contribution < -0.4 is 0 Å². The average molecular weight is 167 g/mol. The highest BCUT2D eigenvalue weighted by atomic mass is 15.5. The van der Waals surface area contributed by atoms with Gasteiger partial charge in [-0.2, -0.15) is 0 Å². The van der Waals surface area contributed by atoms with Crippen LogP contribution in [0.1, 0.15) is 6.92 Å². The molecule has 68 valence electrons. The lowest BCUT2D eigenvalue weighted by Gasteiger charge is -2.46. The Labute approximate surface area is 73.9 Å². The lowest BCUT2D eigenvalue weighted by molar-refractivity contribution is -0.0103. The third-order valence-corrected chi connectivity index (χ3v) is 3.65. The van der Waals surface area contributed by atoms with E-state index in [0.29, 0.717) is 0 Å². The molecule has 2 bridgehead atoms. The predicted octanol–water partition coefficient (Wildman–Crippen LogP) is -0.147. The van der Waals surface area contributed by atoms with Crippen LogP contribution in [0, 0.1) is 5.92 Å². The molecule has 0 aromatic rings. The highest BCUT2D eigenvalue weighted by Crippen LogP contribution is 2.34. The second kappa shape index (κ2) is 2.44. The minimum Gasteiger partial charge on any atom is -0.288 e. The molecule has 3 unspecified atom stereocenters. The van der Waals surface area contributed by atoms with Gasteiger partial charge in [0, 0.05) is 31.6 Å². The van der Waals surface area contributed by atoms with Crippen molar-refractivity contribution in [3.05, 3.63) is 0 Å². The Hall–Kier alpha value is -0.120. The Morgan fingerprint density at radius 2 is 2.08 bits per heavy atom. The van der Waals surface area contributed by atoms with Gasteiger partial charge in [-0.05, 0) is 6.54 Å². The summed E-state index contributed by atoms with van der Waals surface area (Å²) in [5, 5.41) is 0. The van der Waals surface area contributed by atoms with E-state index in [1.54, 1.807) is 0 Å². The zero-order valence-corrected chi connectivity index (χ0v) is 7.74. The molecule has 3 heterocycles. The van der Waals surface area contributed by atoms with Crippen LogP contribution >= 0.6 is 0 Å². The normalized spacial score (nSPS) is 47.2. The SMILES string of the molecule is CCN1CN2CC3CN(C1)C3C2. The monoisotopic (exact) mass is 167 g/mol. The molecule has 0 saturated carbocycles. The highest BCUT2D eigenvalue weighted by molar-refractivity contribution is 5.01. The van der Waals surface area contributed by atoms with Gasteiger partial charge < -0.3 is 0 Å². The Bertz CT molecular complexity index is 190. The lowest BCUT2D eigenvalue weighted by atomic mass is 9.93. The molecule has 0 aromatic carbocycles. The fourth-order valence-corrected chi connectivity index (χ4v) is 2.90. The molecule has 3 nitrogen and oxygen atoms in total. The van der Waals surface area contributed by atoms with Crippen LogP contribution in [0.2, 0.25) is 0 Å². The smallest absolute Gasteiger partial charge is 0.0521 e. The van der Waals surface area contributed by atoms with Crippen molar-refractivity contribution in [2.45, 2.75) is 13.0 Å². The molecule has 0 aliphatic carbocycles. The fourth-order valence-electron chi connectivity index (χ4n) is 2.90. The first kappa shape index (κ1) is 7.30. The number of nitrogens with zero attached hydrogens (tertiary/aromatic N) is 3. The third-order valence-electron chi connectivity index (χ3n) is 3.65. The Kier molecular flexibility index (Phi) is 1.48. The van der Waals surface area contributed by atoms with Crippen LogP contribution in [0.5, 0.6) is 0 Å². The van der Waals surface area contributed by atoms with Gasteiger partial charge in [-0.1, -0.05) is 6.92 Å². The van der Waals surface area contributed by atoms with Gasteiger partial charge in [0.25, 0.3) is 0 Å². The van der Waals surface area contributed by atoms with Gasteiger partial charge in [-0.25, -0.2) is 0 Å². The molecule has 3 fully saturated rings. The standard InChI is InChI=1S/C9H17N3/c1-2-10-6-11-3-8-4-12(7-10)9(8)5-11/h8-9H,2-7H2,1H3. The van der Waals surface area contributed by atoms with Gasteiger partial charge in [0.15, 0.2) is 0 Å². The summed E-state index contributed by atoms with van der Waals surface area (Å²) in [7, 11) is 0. The number of hydrogen-bond acceptors (Lipinski definition) is 3. The molecule has 0 spiro atoms. The zero-order chi connectivity index (χ0) is 8.13. The number of hydrogen-bond donors (Lipinski definition) is 0. The molecule has 0 N–H and O–H groups in total. The van der Waals surface area contributed by atoms with E-state index in [0.717, 1.165) is 12.0 Å². The van der Waals surface area contributed by atoms with E-state index < -0.39 is 0 Å². The molecule has 0 amide bonds. The molecule has 0 radical (unpaired) electrons. The van der Waals surface area contributed by atoms with E-state index in [1.807, 2.05) is 0 Å². The van der Waals surface area contributed by atoms with Crippen molar-refractivity contribution in [2.24, 2.45) is 5.92 Å². The van der Waals surface area contributed by atoms with Gasteiger partial charge in [0.05, 0.1) is 13.3 Å². The van der Waals surface area contributed by atoms with Crippen molar-refractivity contribution in [2.75, 3.05) is 39.5 Å². The van der Waals surface area contributed by atoms with Gasteiger partial charge in [-0.15, -0.1) is 0 Å². The molecule has 12 heavy (non-hydrogen) atoms. The average Bonchev–Trinajstić information content (AvgIpc) is 2.23. The first-order valence-electron chi connectivity index (χ1n) is 5.05. The fraction of sp³-hybridized carbons (Fsp3) is 1.00. The molecule has 3 heteroatoms. The summed E-state index contributed by atoms with van der Waals surface area (Å²) < 4.78 is 0. The maximum Gasteiger partial charge on any atom is 0.0521 e. The van der Waals surface area contributed by atoms with Crippen molar-refractivity contribution in [1.29, 1.82) is 0 Å². The number of fused-ring (bicyclic) bond motifs is 1. The summed E-state index contributed by atoms with van der Waals surface area (Å²) in [5.41, 5.74) is 0. The summed E-state index contributed by atoms with van der Waals surface area (Å²) in [4.78, 5) is 7.79. The Balaban J connectivity index is 1.78. The van der Waals surface area contributed by atoms with E-state index in [9.17, 15) is 0 Å². The molecule has 3 rings (SSSR count). The van der Waals surface area contributed by atoms with Crippen molar-refractivity contribution in [1.82, 2.24) is 14.7 Å². The Morgan fingerprint density at radius 3 is 2.92 bits per heavy atom. The van der Waals surface area contributed by atoms with Crippen LogP contribution in [-0.4, -0.2) is 60.3 Å². The van der Waals surface area contributed by atoms with Crippen LogP contribution in [0.4, 0.5) is 0 Å². The Morgan fingerprint density at radius 1 is 1.17 bits per heavy atom. The maximum absolute atomic E-state index is 2.64. The molecule has 3 aliphatic rings. The zero-order valence-electron chi connectivity index (χ0n) is 7.74. The van der Waals surface area contributed by atoms with E-state index in [4.69, 9.17) is 0 Å². The van der Waals surface area contributed by atoms with Gasteiger partial charge in [0.1, 0.15) is 0 Å². The van der Waals surface area contributed by atoms with Gasteiger partial charge >= 0.3 is 0 Å². The highest BCUT2D eigenvalue weighted by Gasteiger charge is 2.47. The second-order valence-corrected chi connectivity index (χ2v) is 4.40. The largest absolute Gasteiger partial charge is 0.288 e. The third kappa shape index (κ3) is 0.873. The van der Waals surface area contributed by atoms with E-state index in [-0.39, 0.29) is 0 Å². The van der Waals surface area contributed by atoms with E-state index in [2.05, 4.69) is 21.6 Å². The van der Waals surface area contributed by atoms with Crippen molar-refractivity contribution >= 4 is 0 Å². The summed E-state index contributed by atoms with van der Waals surface area (Å²) in [6.07, 6.45) is 0. The quantitative estimate of drug-likeness (QED) is 0.538. The maximum atomic E-state index is 2.64. The van der Waals surface area contributed by atoms with Gasteiger partial charge in [-0.3, -0.25) is 14.7 Å². The minimum atomic E-state index is 0.918. The number of rotatable bonds is 1. The second-order valence-electron chi connectivity index (χ2n) is 4.40. The molecule has 3 atom stereocenters. The van der Waals surface area contributed by atoms with Crippen molar-refractivity contribution in [3.63, 3.8) is 0 Å². The first-order chi connectivity index (χ1) is 5.86. The van der Waals surface area contributed by atoms with Crippen molar-refractivity contribution < 1.29 is 0 Å². The predicted molar refractivity (Wildman–Crippen MR) is 47.7 cm³/mol. The van der Waals surface area contributed by atoms with Crippen LogP contribution in [-0.2, 0) is 0 Å². The van der Waals surface area contributed by atoms with Crippen LogP contribution in [0.25, 0.3) is 0 Å². The molecular formula is C9H17N3. The first-order valence-corrected chi connectivity index (χ1v) is 5.05. The summed E-state index contributed by atoms with van der Waals surface area (Å²) >= 11 is 0.